The average molecular weight is 278 g/mol. The van der Waals surface area contributed by atoms with Gasteiger partial charge < -0.3 is 0 Å². The minimum Gasteiger partial charge on any atom is -0.268 e. The molecule has 2 rings (SSSR count). The lowest BCUT2D eigenvalue weighted by atomic mass is 10.2. The van der Waals surface area contributed by atoms with Crippen molar-refractivity contribution in [2.75, 3.05) is 6.54 Å². The van der Waals surface area contributed by atoms with Crippen LogP contribution in [0.25, 0.3) is 6.08 Å². The number of nitrogens with zero attached hydrogens (tertiary/aromatic N) is 1. The third-order valence-corrected chi connectivity index (χ3v) is 3.41. The van der Waals surface area contributed by atoms with Crippen molar-refractivity contribution >= 4 is 40.6 Å². The van der Waals surface area contributed by atoms with Crippen molar-refractivity contribution in [2.45, 2.75) is 0 Å². The molecule has 90 valence electrons. The Morgan fingerprint density at radius 3 is 2.89 bits per heavy atom. The predicted molar refractivity (Wildman–Crippen MR) is 73.0 cm³/mol. The van der Waals surface area contributed by atoms with Crippen molar-refractivity contribution < 1.29 is 9.59 Å². The van der Waals surface area contributed by atoms with E-state index >= 15 is 0 Å². The molecule has 1 aromatic carbocycles. The molecule has 0 aliphatic carbocycles. The van der Waals surface area contributed by atoms with Crippen molar-refractivity contribution in [3.05, 3.63) is 39.8 Å². The molecular weight excluding hydrogens is 270 g/mol. The van der Waals surface area contributed by atoms with Crippen molar-refractivity contribution in [3.8, 4) is 12.3 Å². The summed E-state index contributed by atoms with van der Waals surface area (Å²) in [7, 11) is 0. The van der Waals surface area contributed by atoms with Crippen LogP contribution in [0, 0.1) is 12.3 Å². The maximum Gasteiger partial charge on any atom is 0.294 e. The molecule has 18 heavy (non-hydrogen) atoms. The Balaban J connectivity index is 2.28. The van der Waals surface area contributed by atoms with Crippen LogP contribution < -0.4 is 0 Å². The largest absolute Gasteiger partial charge is 0.294 e. The summed E-state index contributed by atoms with van der Waals surface area (Å²) in [6, 6.07) is 7.04. The van der Waals surface area contributed by atoms with Gasteiger partial charge in [-0.25, -0.2) is 0 Å². The Morgan fingerprint density at radius 1 is 1.44 bits per heavy atom. The van der Waals surface area contributed by atoms with Gasteiger partial charge in [-0.1, -0.05) is 29.7 Å². The number of benzene rings is 1. The van der Waals surface area contributed by atoms with Gasteiger partial charge in [0.1, 0.15) is 0 Å². The van der Waals surface area contributed by atoms with Gasteiger partial charge in [-0.3, -0.25) is 14.5 Å². The molecule has 0 bridgehead atoms. The summed E-state index contributed by atoms with van der Waals surface area (Å²) in [6.45, 7) is -0.00243. The molecule has 1 fully saturated rings. The fourth-order valence-corrected chi connectivity index (χ4v) is 2.51. The summed E-state index contributed by atoms with van der Waals surface area (Å²) >= 11 is 6.73. The second kappa shape index (κ2) is 5.30. The molecule has 0 radical (unpaired) electrons. The van der Waals surface area contributed by atoms with Gasteiger partial charge in [0, 0.05) is 5.02 Å². The molecule has 1 aromatic rings. The van der Waals surface area contributed by atoms with Gasteiger partial charge in [0.15, 0.2) is 0 Å². The first-order valence-electron chi connectivity index (χ1n) is 5.06. The maximum atomic E-state index is 11.9. The second-order valence-corrected chi connectivity index (χ2v) is 4.96. The average Bonchev–Trinajstić information content (AvgIpc) is 2.57. The van der Waals surface area contributed by atoms with Gasteiger partial charge in [0.05, 0.1) is 11.4 Å². The van der Waals surface area contributed by atoms with Gasteiger partial charge in [-0.05, 0) is 35.5 Å². The number of rotatable bonds is 2. The van der Waals surface area contributed by atoms with Gasteiger partial charge in [0.25, 0.3) is 11.1 Å². The molecule has 0 atom stereocenters. The van der Waals surface area contributed by atoms with Gasteiger partial charge >= 0.3 is 0 Å². The van der Waals surface area contributed by atoms with Crippen molar-refractivity contribution in [3.63, 3.8) is 0 Å². The molecule has 2 amide bonds. The van der Waals surface area contributed by atoms with Crippen LogP contribution >= 0.6 is 23.4 Å². The molecule has 0 N–H and O–H groups in total. The first-order chi connectivity index (χ1) is 8.61. The number of carbonyl (C=O) groups excluding carboxylic acids is 2. The number of amides is 2. The van der Waals surface area contributed by atoms with Gasteiger partial charge in [-0.2, -0.15) is 0 Å². The van der Waals surface area contributed by atoms with Crippen LogP contribution in [0.5, 0.6) is 0 Å². The Bertz CT molecular complexity index is 589. The van der Waals surface area contributed by atoms with E-state index in [1.54, 1.807) is 30.3 Å². The summed E-state index contributed by atoms with van der Waals surface area (Å²) in [5.74, 6) is 1.93. The maximum absolute atomic E-state index is 11.9. The van der Waals surface area contributed by atoms with E-state index in [4.69, 9.17) is 18.0 Å². The molecular formula is C13H8ClNO2S. The molecule has 1 saturated heterocycles. The van der Waals surface area contributed by atoms with E-state index < -0.39 is 0 Å². The van der Waals surface area contributed by atoms with E-state index in [9.17, 15) is 9.59 Å². The minimum atomic E-state index is -0.358. The van der Waals surface area contributed by atoms with E-state index in [-0.39, 0.29) is 17.7 Å². The number of carbonyl (C=O) groups is 2. The summed E-state index contributed by atoms with van der Waals surface area (Å²) < 4.78 is 0. The minimum absolute atomic E-state index is 0.00243. The lowest BCUT2D eigenvalue weighted by molar-refractivity contribution is -0.122. The monoisotopic (exact) mass is 277 g/mol. The third kappa shape index (κ3) is 2.58. The molecule has 0 unspecified atom stereocenters. The number of hydrogen-bond acceptors (Lipinski definition) is 3. The SMILES string of the molecule is C#CCN1C(=O)S/C(=C/c2cccc(Cl)c2)C1=O. The van der Waals surface area contributed by atoms with Crippen molar-refractivity contribution in [1.82, 2.24) is 4.90 Å². The van der Waals surface area contributed by atoms with Crippen LogP contribution in [0.1, 0.15) is 5.56 Å². The Hall–Kier alpha value is -1.70. The molecule has 0 saturated carbocycles. The smallest absolute Gasteiger partial charge is 0.268 e. The standard InChI is InChI=1S/C13H8ClNO2S/c1-2-6-15-12(16)11(18-13(15)17)8-9-4-3-5-10(14)7-9/h1,3-5,7-8H,6H2/b11-8+. The highest BCUT2D eigenvalue weighted by molar-refractivity contribution is 8.18. The number of hydrogen-bond donors (Lipinski definition) is 0. The lowest BCUT2D eigenvalue weighted by Crippen LogP contribution is -2.28. The molecule has 0 spiro atoms. The van der Waals surface area contributed by atoms with Gasteiger partial charge in [-0.15, -0.1) is 6.42 Å². The van der Waals surface area contributed by atoms with Crippen molar-refractivity contribution in [2.24, 2.45) is 0 Å². The summed E-state index contributed by atoms with van der Waals surface area (Å²) in [4.78, 5) is 24.8. The Labute approximate surface area is 114 Å². The normalized spacial score (nSPS) is 17.3. The molecule has 5 heteroatoms. The van der Waals surface area contributed by atoms with Crippen LogP contribution in [0.4, 0.5) is 4.79 Å². The summed E-state index contributed by atoms with van der Waals surface area (Å²) in [6.07, 6.45) is 6.74. The zero-order valence-corrected chi connectivity index (χ0v) is 10.8. The molecule has 1 heterocycles. The second-order valence-electron chi connectivity index (χ2n) is 3.53. The fraction of sp³-hybridized carbons (Fsp3) is 0.0769. The highest BCUT2D eigenvalue weighted by Crippen LogP contribution is 2.32. The van der Waals surface area contributed by atoms with Crippen LogP contribution in [0.15, 0.2) is 29.2 Å². The van der Waals surface area contributed by atoms with E-state index in [0.29, 0.717) is 9.93 Å². The Morgan fingerprint density at radius 2 is 2.22 bits per heavy atom. The van der Waals surface area contributed by atoms with E-state index in [1.807, 2.05) is 0 Å². The molecule has 1 aliphatic rings. The van der Waals surface area contributed by atoms with Crippen LogP contribution in [-0.4, -0.2) is 22.6 Å². The van der Waals surface area contributed by atoms with Crippen LogP contribution in [0.3, 0.4) is 0 Å². The lowest BCUT2D eigenvalue weighted by Gasteiger charge is -2.06. The zero-order valence-electron chi connectivity index (χ0n) is 9.22. The summed E-state index contributed by atoms with van der Waals surface area (Å²) in [5.41, 5.74) is 0.772. The van der Waals surface area contributed by atoms with E-state index in [2.05, 4.69) is 5.92 Å². The number of halogens is 1. The fourth-order valence-electron chi connectivity index (χ4n) is 1.48. The highest BCUT2D eigenvalue weighted by atomic mass is 35.5. The Kier molecular flexibility index (Phi) is 3.75. The third-order valence-electron chi connectivity index (χ3n) is 2.27. The van der Waals surface area contributed by atoms with Crippen LogP contribution in [0.2, 0.25) is 5.02 Å². The molecule has 1 aliphatic heterocycles. The number of imide groups is 1. The van der Waals surface area contributed by atoms with E-state index in [1.165, 1.54) is 0 Å². The molecule has 0 aromatic heterocycles. The van der Waals surface area contributed by atoms with Crippen molar-refractivity contribution in [1.29, 1.82) is 0 Å². The predicted octanol–water partition coefficient (Wildman–Crippen LogP) is 3.01. The van der Waals surface area contributed by atoms with Crippen LogP contribution in [-0.2, 0) is 4.79 Å². The number of thioether (sulfide) groups is 1. The highest BCUT2D eigenvalue weighted by Gasteiger charge is 2.34. The number of terminal acetylenes is 1. The first-order valence-corrected chi connectivity index (χ1v) is 6.25. The van der Waals surface area contributed by atoms with E-state index in [0.717, 1.165) is 22.2 Å². The molecule has 3 nitrogen and oxygen atoms in total. The zero-order chi connectivity index (χ0) is 13.1. The summed E-state index contributed by atoms with van der Waals surface area (Å²) in [5, 5.41) is 0.234. The topological polar surface area (TPSA) is 37.4 Å². The first kappa shape index (κ1) is 12.7. The quantitative estimate of drug-likeness (QED) is 0.616. The van der Waals surface area contributed by atoms with Gasteiger partial charge in [0.2, 0.25) is 0 Å².